The monoisotopic (exact) mass is 336 g/mol. The average molecular weight is 337 g/mol. The predicted octanol–water partition coefficient (Wildman–Crippen LogP) is 2.22. The van der Waals surface area contributed by atoms with Crippen molar-refractivity contribution in [2.24, 2.45) is 0 Å². The van der Waals surface area contributed by atoms with Crippen LogP contribution in [0.4, 0.5) is 5.69 Å². The van der Waals surface area contributed by atoms with Gasteiger partial charge in [0.15, 0.2) is 0 Å². The van der Waals surface area contributed by atoms with Gasteiger partial charge < -0.3 is 5.11 Å². The molecule has 6 nitrogen and oxygen atoms in total. The summed E-state index contributed by atoms with van der Waals surface area (Å²) in [5.74, 6) is -0.710. The molecule has 0 saturated carbocycles. The molecule has 0 aromatic heterocycles. The third-order valence-electron chi connectivity index (χ3n) is 3.27. The standard InChI is InChI=1S/C14H8ClNO5S/c15-9-4-5-12-11(7-9)13(17)14(22(12,20)21)8-2-1-3-10(6-8)16(18)19/h1-7,17H/p-1. The van der Waals surface area contributed by atoms with Crippen LogP contribution < -0.4 is 5.11 Å². The molecule has 1 heterocycles. The van der Waals surface area contributed by atoms with Gasteiger partial charge in [-0.1, -0.05) is 29.5 Å². The lowest BCUT2D eigenvalue weighted by Gasteiger charge is -2.11. The minimum atomic E-state index is -4.02. The lowest BCUT2D eigenvalue weighted by molar-refractivity contribution is -0.384. The van der Waals surface area contributed by atoms with Crippen LogP contribution >= 0.6 is 11.6 Å². The molecule has 0 unspecified atom stereocenters. The van der Waals surface area contributed by atoms with E-state index < -0.39 is 25.4 Å². The molecule has 8 heteroatoms. The number of benzene rings is 2. The molecule has 1 aliphatic rings. The minimum Gasteiger partial charge on any atom is -0.871 e. The molecule has 0 amide bonds. The van der Waals surface area contributed by atoms with Gasteiger partial charge in [0.2, 0.25) is 9.84 Å². The molecule has 2 aromatic rings. The van der Waals surface area contributed by atoms with Gasteiger partial charge in [0, 0.05) is 17.2 Å². The van der Waals surface area contributed by atoms with Crippen molar-refractivity contribution < 1.29 is 18.4 Å². The van der Waals surface area contributed by atoms with Crippen LogP contribution in [0.1, 0.15) is 11.1 Å². The highest BCUT2D eigenvalue weighted by molar-refractivity contribution is 8.01. The van der Waals surface area contributed by atoms with E-state index in [0.717, 1.165) is 6.07 Å². The highest BCUT2D eigenvalue weighted by atomic mass is 35.5. The van der Waals surface area contributed by atoms with Crippen LogP contribution in [0, 0.1) is 10.1 Å². The molecule has 112 valence electrons. The van der Waals surface area contributed by atoms with Gasteiger partial charge in [-0.15, -0.1) is 0 Å². The number of nitrogens with zero attached hydrogens (tertiary/aromatic N) is 1. The first-order valence-electron chi connectivity index (χ1n) is 6.03. The predicted molar refractivity (Wildman–Crippen MR) is 78.5 cm³/mol. The van der Waals surface area contributed by atoms with Crippen LogP contribution in [0.5, 0.6) is 0 Å². The van der Waals surface area contributed by atoms with E-state index >= 15 is 0 Å². The zero-order valence-corrected chi connectivity index (χ0v) is 12.4. The Hall–Kier alpha value is -2.38. The number of nitro groups is 1. The maximum Gasteiger partial charge on any atom is 0.270 e. The Kier molecular flexibility index (Phi) is 3.19. The van der Waals surface area contributed by atoms with E-state index in [1.54, 1.807) is 0 Å². The van der Waals surface area contributed by atoms with Crippen molar-refractivity contribution in [2.45, 2.75) is 4.90 Å². The van der Waals surface area contributed by atoms with E-state index in [1.807, 2.05) is 0 Å². The summed E-state index contributed by atoms with van der Waals surface area (Å²) in [4.78, 5) is 9.57. The van der Waals surface area contributed by atoms with Crippen molar-refractivity contribution in [1.29, 1.82) is 0 Å². The fourth-order valence-electron chi connectivity index (χ4n) is 2.32. The molecule has 0 bridgehead atoms. The Morgan fingerprint density at radius 1 is 1.09 bits per heavy atom. The van der Waals surface area contributed by atoms with Crippen molar-refractivity contribution in [3.8, 4) is 0 Å². The Morgan fingerprint density at radius 2 is 1.82 bits per heavy atom. The second kappa shape index (κ2) is 4.82. The van der Waals surface area contributed by atoms with E-state index in [2.05, 4.69) is 0 Å². The molecule has 22 heavy (non-hydrogen) atoms. The molecule has 0 atom stereocenters. The van der Waals surface area contributed by atoms with Crippen molar-refractivity contribution in [1.82, 2.24) is 0 Å². The first kappa shape index (κ1) is 14.6. The third-order valence-corrected chi connectivity index (χ3v) is 5.40. The van der Waals surface area contributed by atoms with Gasteiger partial charge in [-0.3, -0.25) is 10.1 Å². The van der Waals surface area contributed by atoms with E-state index in [9.17, 15) is 23.6 Å². The summed E-state index contributed by atoms with van der Waals surface area (Å²) in [5.41, 5.74) is -0.317. The molecule has 0 N–H and O–H groups in total. The maximum absolute atomic E-state index is 12.5. The Bertz CT molecular complexity index is 949. The van der Waals surface area contributed by atoms with Crippen molar-refractivity contribution in [3.63, 3.8) is 0 Å². The normalized spacial score (nSPS) is 15.7. The summed E-state index contributed by atoms with van der Waals surface area (Å²) in [7, 11) is -4.02. The van der Waals surface area contributed by atoms with Gasteiger partial charge in [-0.25, -0.2) is 8.42 Å². The van der Waals surface area contributed by atoms with Gasteiger partial charge in [0.25, 0.3) is 5.69 Å². The lowest BCUT2D eigenvalue weighted by Crippen LogP contribution is -2.04. The molecule has 1 aliphatic heterocycles. The highest BCUT2D eigenvalue weighted by Gasteiger charge is 2.33. The molecule has 3 rings (SSSR count). The number of hydrogen-bond acceptors (Lipinski definition) is 5. The first-order valence-corrected chi connectivity index (χ1v) is 7.89. The molecule has 2 aromatic carbocycles. The summed E-state index contributed by atoms with van der Waals surface area (Å²) in [6.45, 7) is 0. The second-order valence-electron chi connectivity index (χ2n) is 4.61. The maximum atomic E-state index is 12.5. The fourth-order valence-corrected chi connectivity index (χ4v) is 4.19. The van der Waals surface area contributed by atoms with Gasteiger partial charge in [-0.05, 0) is 29.3 Å². The lowest BCUT2D eigenvalue weighted by atomic mass is 10.1. The topological polar surface area (TPSA) is 100 Å². The van der Waals surface area contributed by atoms with Crippen molar-refractivity contribution >= 4 is 37.8 Å². The smallest absolute Gasteiger partial charge is 0.270 e. The van der Waals surface area contributed by atoms with E-state index in [4.69, 9.17) is 11.6 Å². The zero-order chi connectivity index (χ0) is 16.1. The Morgan fingerprint density at radius 3 is 2.50 bits per heavy atom. The fraction of sp³-hybridized carbons (Fsp3) is 0. The van der Waals surface area contributed by atoms with Crippen LogP contribution in [0.3, 0.4) is 0 Å². The van der Waals surface area contributed by atoms with E-state index in [1.165, 1.54) is 36.4 Å². The molecule has 0 radical (unpaired) electrons. The van der Waals surface area contributed by atoms with Gasteiger partial charge in [0.1, 0.15) is 0 Å². The van der Waals surface area contributed by atoms with Crippen molar-refractivity contribution in [2.75, 3.05) is 0 Å². The zero-order valence-electron chi connectivity index (χ0n) is 10.8. The summed E-state index contributed by atoms with van der Waals surface area (Å²) in [6, 6.07) is 8.89. The minimum absolute atomic E-state index is 0.00785. The van der Waals surface area contributed by atoms with Gasteiger partial charge >= 0.3 is 0 Å². The Labute approximate surface area is 130 Å². The summed E-state index contributed by atoms with van der Waals surface area (Å²) in [6.07, 6.45) is 0. The first-order chi connectivity index (χ1) is 10.3. The molecule has 0 spiro atoms. The third kappa shape index (κ3) is 2.06. The number of nitro benzene ring substituents is 1. The van der Waals surface area contributed by atoms with Crippen LogP contribution in [0.25, 0.3) is 10.7 Å². The number of sulfone groups is 1. The molecule has 0 saturated heterocycles. The molecular formula is C14H7ClNO5S-. The molecule has 0 aliphatic carbocycles. The highest BCUT2D eigenvalue weighted by Crippen LogP contribution is 2.43. The quantitative estimate of drug-likeness (QED) is 0.618. The summed E-state index contributed by atoms with van der Waals surface area (Å²) >= 11 is 5.80. The number of hydrogen-bond donors (Lipinski definition) is 0. The molecular weight excluding hydrogens is 330 g/mol. The second-order valence-corrected chi connectivity index (χ2v) is 6.90. The van der Waals surface area contributed by atoms with Crippen LogP contribution in [0.15, 0.2) is 47.4 Å². The van der Waals surface area contributed by atoms with Crippen LogP contribution in [-0.4, -0.2) is 13.3 Å². The largest absolute Gasteiger partial charge is 0.871 e. The number of rotatable bonds is 2. The summed E-state index contributed by atoms with van der Waals surface area (Å²) in [5, 5.41) is 23.5. The average Bonchev–Trinajstić information content (AvgIpc) is 2.65. The number of non-ortho nitro benzene ring substituents is 1. The molecule has 0 fully saturated rings. The van der Waals surface area contributed by atoms with Gasteiger partial charge in [0.05, 0.1) is 14.7 Å². The van der Waals surface area contributed by atoms with E-state index in [-0.39, 0.29) is 26.7 Å². The SMILES string of the molecule is O=[N+]([O-])c1cccc(C2=C([O-])c3cc(Cl)ccc3S2(=O)=O)c1. The van der Waals surface area contributed by atoms with Gasteiger partial charge in [-0.2, -0.15) is 0 Å². The number of fused-ring (bicyclic) bond motifs is 1. The van der Waals surface area contributed by atoms with Crippen LogP contribution in [-0.2, 0) is 9.84 Å². The Balaban J connectivity index is 2.28. The summed E-state index contributed by atoms with van der Waals surface area (Å²) < 4.78 is 25.0. The van der Waals surface area contributed by atoms with Crippen LogP contribution in [0.2, 0.25) is 5.02 Å². The van der Waals surface area contributed by atoms with E-state index in [0.29, 0.717) is 0 Å². The van der Waals surface area contributed by atoms with Crippen molar-refractivity contribution in [3.05, 3.63) is 68.7 Å². The number of halogens is 1.